The zero-order valence-corrected chi connectivity index (χ0v) is 15.0. The Morgan fingerprint density at radius 1 is 1.08 bits per heavy atom. The van der Waals surface area contributed by atoms with Gasteiger partial charge in [-0.25, -0.2) is 4.98 Å². The van der Waals surface area contributed by atoms with Gasteiger partial charge in [-0.3, -0.25) is 0 Å². The van der Waals surface area contributed by atoms with Gasteiger partial charge in [-0.15, -0.1) is 0 Å². The third-order valence-electron chi connectivity index (χ3n) is 3.33. The maximum Gasteiger partial charge on any atom is 0.203 e. The number of hydrogen-bond acceptors (Lipinski definition) is 5. The molecule has 2 aromatic rings. The average Bonchev–Trinajstić information content (AvgIpc) is 2.58. The number of anilines is 1. The topological polar surface area (TPSA) is 64.6 Å². The third kappa shape index (κ3) is 4.48. The molecule has 0 bridgehead atoms. The first kappa shape index (κ1) is 17.8. The summed E-state index contributed by atoms with van der Waals surface area (Å²) >= 11 is 5.30. The molecule has 0 saturated carbocycles. The van der Waals surface area contributed by atoms with Gasteiger partial charge in [-0.05, 0) is 54.5 Å². The van der Waals surface area contributed by atoms with Crippen molar-refractivity contribution in [2.24, 2.45) is 0 Å². The number of thiocarbonyl (C=S) groups is 1. The molecule has 7 heteroatoms. The fourth-order valence-electron chi connectivity index (χ4n) is 2.18. The van der Waals surface area contributed by atoms with Crippen LogP contribution in [0.3, 0.4) is 0 Å². The molecule has 24 heavy (non-hydrogen) atoms. The van der Waals surface area contributed by atoms with Crippen LogP contribution in [0, 0.1) is 6.92 Å². The van der Waals surface area contributed by atoms with E-state index in [4.69, 9.17) is 26.4 Å². The smallest absolute Gasteiger partial charge is 0.203 e. The largest absolute Gasteiger partial charge is 0.493 e. The van der Waals surface area contributed by atoms with E-state index in [9.17, 15) is 0 Å². The highest BCUT2D eigenvalue weighted by molar-refractivity contribution is 7.80. The number of rotatable bonds is 6. The first-order valence-corrected chi connectivity index (χ1v) is 7.74. The summed E-state index contributed by atoms with van der Waals surface area (Å²) in [7, 11) is 4.75. The molecule has 0 atom stereocenters. The Balaban J connectivity index is 2.04. The molecule has 0 radical (unpaired) electrons. The number of nitrogens with one attached hydrogen (secondary N) is 2. The fourth-order valence-corrected chi connectivity index (χ4v) is 2.36. The quantitative estimate of drug-likeness (QED) is 0.779. The van der Waals surface area contributed by atoms with E-state index in [0.717, 1.165) is 11.1 Å². The van der Waals surface area contributed by atoms with Gasteiger partial charge in [0.05, 0.1) is 21.3 Å². The van der Waals surface area contributed by atoms with Crippen molar-refractivity contribution >= 4 is 23.1 Å². The Hall–Kier alpha value is -2.54. The van der Waals surface area contributed by atoms with E-state index in [2.05, 4.69) is 15.6 Å². The Morgan fingerprint density at radius 3 is 2.29 bits per heavy atom. The highest BCUT2D eigenvalue weighted by Gasteiger charge is 2.13. The van der Waals surface area contributed by atoms with Crippen molar-refractivity contribution in [2.75, 3.05) is 26.6 Å². The van der Waals surface area contributed by atoms with Crippen molar-refractivity contribution in [1.29, 1.82) is 0 Å². The van der Waals surface area contributed by atoms with Gasteiger partial charge in [0.2, 0.25) is 5.75 Å². The van der Waals surface area contributed by atoms with Gasteiger partial charge in [0, 0.05) is 12.7 Å². The van der Waals surface area contributed by atoms with E-state index in [0.29, 0.717) is 34.7 Å². The van der Waals surface area contributed by atoms with Crippen LogP contribution in [-0.4, -0.2) is 31.4 Å². The van der Waals surface area contributed by atoms with Gasteiger partial charge in [-0.1, -0.05) is 0 Å². The Morgan fingerprint density at radius 2 is 1.75 bits per heavy atom. The standard InChI is InChI=1S/C17H21N3O3S/c1-11-5-6-18-15(7-11)20-17(24)19-10-12-8-13(21-2)16(23-4)14(9-12)22-3/h5-9H,10H2,1-4H3,(H2,18,19,20,24). The molecule has 1 heterocycles. The lowest BCUT2D eigenvalue weighted by Crippen LogP contribution is -2.28. The minimum atomic E-state index is 0.488. The lowest BCUT2D eigenvalue weighted by atomic mass is 10.2. The second-order valence-electron chi connectivity index (χ2n) is 5.06. The number of methoxy groups -OCH3 is 3. The van der Waals surface area contributed by atoms with Crippen LogP contribution in [0.25, 0.3) is 0 Å². The zero-order valence-electron chi connectivity index (χ0n) is 14.2. The molecular weight excluding hydrogens is 326 g/mol. The second-order valence-corrected chi connectivity index (χ2v) is 5.47. The molecule has 0 amide bonds. The molecule has 0 unspecified atom stereocenters. The van der Waals surface area contributed by atoms with Crippen LogP contribution in [-0.2, 0) is 6.54 Å². The molecule has 6 nitrogen and oxygen atoms in total. The van der Waals surface area contributed by atoms with Gasteiger partial charge < -0.3 is 24.8 Å². The third-order valence-corrected chi connectivity index (χ3v) is 3.58. The predicted octanol–water partition coefficient (Wildman–Crippen LogP) is 2.90. The zero-order chi connectivity index (χ0) is 17.5. The minimum Gasteiger partial charge on any atom is -0.493 e. The molecule has 0 aliphatic carbocycles. The summed E-state index contributed by atoms with van der Waals surface area (Å²) in [6, 6.07) is 7.61. The monoisotopic (exact) mass is 347 g/mol. The van der Waals surface area contributed by atoms with Gasteiger partial charge in [0.15, 0.2) is 16.6 Å². The molecule has 0 aliphatic rings. The number of hydrogen-bond donors (Lipinski definition) is 2. The van der Waals surface area contributed by atoms with E-state index in [-0.39, 0.29) is 0 Å². The van der Waals surface area contributed by atoms with Crippen molar-refractivity contribution in [1.82, 2.24) is 10.3 Å². The molecule has 2 rings (SSSR count). The number of aromatic nitrogens is 1. The number of aryl methyl sites for hydroxylation is 1. The second kappa shape index (κ2) is 8.35. The van der Waals surface area contributed by atoms with E-state index in [1.807, 2.05) is 31.2 Å². The molecule has 0 aliphatic heterocycles. The van der Waals surface area contributed by atoms with E-state index in [1.165, 1.54) is 0 Å². The maximum atomic E-state index is 5.34. The summed E-state index contributed by atoms with van der Waals surface area (Å²) in [4.78, 5) is 4.22. The van der Waals surface area contributed by atoms with Gasteiger partial charge in [0.1, 0.15) is 5.82 Å². The lowest BCUT2D eigenvalue weighted by Gasteiger charge is -2.15. The van der Waals surface area contributed by atoms with Crippen LogP contribution in [0.4, 0.5) is 5.82 Å². The van der Waals surface area contributed by atoms with Crippen molar-refractivity contribution < 1.29 is 14.2 Å². The minimum absolute atomic E-state index is 0.488. The summed E-state index contributed by atoms with van der Waals surface area (Å²) in [5, 5.41) is 6.68. The molecule has 1 aromatic heterocycles. The highest BCUT2D eigenvalue weighted by Crippen LogP contribution is 2.38. The van der Waals surface area contributed by atoms with E-state index < -0.39 is 0 Å². The molecule has 1 aromatic carbocycles. The Kier molecular flexibility index (Phi) is 6.20. The van der Waals surface area contributed by atoms with Crippen LogP contribution >= 0.6 is 12.2 Å². The molecule has 0 saturated heterocycles. The van der Waals surface area contributed by atoms with Crippen molar-refractivity contribution in [3.8, 4) is 17.2 Å². The van der Waals surface area contributed by atoms with E-state index >= 15 is 0 Å². The predicted molar refractivity (Wildman–Crippen MR) is 98.1 cm³/mol. The Bertz CT molecular complexity index is 697. The number of nitrogens with zero attached hydrogens (tertiary/aromatic N) is 1. The molecule has 0 spiro atoms. The molecule has 2 N–H and O–H groups in total. The summed E-state index contributed by atoms with van der Waals surface area (Å²) < 4.78 is 16.0. The average molecular weight is 347 g/mol. The van der Waals surface area contributed by atoms with Gasteiger partial charge in [0.25, 0.3) is 0 Å². The summed E-state index contributed by atoms with van der Waals surface area (Å²) in [6.07, 6.45) is 1.74. The highest BCUT2D eigenvalue weighted by atomic mass is 32.1. The Labute approximate surface area is 147 Å². The van der Waals surface area contributed by atoms with Crippen LogP contribution in [0.1, 0.15) is 11.1 Å². The first-order chi connectivity index (χ1) is 11.6. The summed E-state index contributed by atoms with van der Waals surface area (Å²) in [6.45, 7) is 2.51. The fraction of sp³-hybridized carbons (Fsp3) is 0.294. The van der Waals surface area contributed by atoms with Crippen molar-refractivity contribution in [3.05, 3.63) is 41.6 Å². The normalized spacial score (nSPS) is 10.0. The SMILES string of the molecule is COc1cc(CNC(=S)Nc2cc(C)ccn2)cc(OC)c1OC. The van der Waals surface area contributed by atoms with Crippen molar-refractivity contribution in [2.45, 2.75) is 13.5 Å². The van der Waals surface area contributed by atoms with E-state index in [1.54, 1.807) is 27.5 Å². The van der Waals surface area contributed by atoms with Crippen LogP contribution < -0.4 is 24.8 Å². The van der Waals surface area contributed by atoms with Crippen LogP contribution in [0.5, 0.6) is 17.2 Å². The number of pyridine rings is 1. The lowest BCUT2D eigenvalue weighted by molar-refractivity contribution is 0.323. The van der Waals surface area contributed by atoms with Crippen molar-refractivity contribution in [3.63, 3.8) is 0 Å². The molecule has 0 fully saturated rings. The first-order valence-electron chi connectivity index (χ1n) is 7.33. The van der Waals surface area contributed by atoms with Gasteiger partial charge in [-0.2, -0.15) is 0 Å². The number of ether oxygens (including phenoxy) is 3. The molecule has 128 valence electrons. The van der Waals surface area contributed by atoms with Gasteiger partial charge >= 0.3 is 0 Å². The summed E-state index contributed by atoms with van der Waals surface area (Å²) in [5.41, 5.74) is 2.06. The molecular formula is C17H21N3O3S. The van der Waals surface area contributed by atoms with Crippen LogP contribution in [0.2, 0.25) is 0 Å². The summed E-state index contributed by atoms with van der Waals surface area (Å²) in [5.74, 6) is 2.48. The number of benzene rings is 1. The van der Waals surface area contributed by atoms with Crippen LogP contribution in [0.15, 0.2) is 30.5 Å². The maximum absolute atomic E-state index is 5.34.